The minimum absolute atomic E-state index is 0.0393. The molecule has 1 spiro atoms. The van der Waals surface area contributed by atoms with E-state index in [0.717, 1.165) is 32.1 Å². The van der Waals surface area contributed by atoms with E-state index in [1.165, 1.54) is 22.6 Å². The second kappa shape index (κ2) is 8.03. The van der Waals surface area contributed by atoms with Gasteiger partial charge in [0, 0.05) is 5.41 Å². The van der Waals surface area contributed by atoms with Crippen LogP contribution in [0.2, 0.25) is 0 Å². The summed E-state index contributed by atoms with van der Waals surface area (Å²) in [5.74, 6) is -2.62. The first-order valence-electron chi connectivity index (χ1n) is 14.0. The number of anilines is 1. The van der Waals surface area contributed by atoms with Gasteiger partial charge < -0.3 is 10.2 Å². The molecule has 1 aromatic carbocycles. The number of allylic oxidation sites excluding steroid dienone is 2. The van der Waals surface area contributed by atoms with Gasteiger partial charge in [-0.3, -0.25) is 19.3 Å². The number of rotatable bonds is 4. The van der Waals surface area contributed by atoms with Crippen LogP contribution in [0.15, 0.2) is 35.9 Å². The fourth-order valence-corrected chi connectivity index (χ4v) is 9.97. The van der Waals surface area contributed by atoms with Crippen molar-refractivity contribution in [2.75, 3.05) is 4.90 Å². The number of carbonyl (C=O) groups excluding carboxylic acids is 2. The van der Waals surface area contributed by atoms with Crippen LogP contribution in [0.25, 0.3) is 0 Å². The highest BCUT2D eigenvalue weighted by atomic mass is 16.4. The molecule has 0 radical (unpaired) electrons. The number of carbonyl (C=O) groups is 4. The van der Waals surface area contributed by atoms with E-state index in [1.54, 1.807) is 12.1 Å². The Morgan fingerprint density at radius 3 is 2.26 bits per heavy atom. The van der Waals surface area contributed by atoms with Crippen molar-refractivity contribution in [1.82, 2.24) is 0 Å². The molecule has 7 heteroatoms. The van der Waals surface area contributed by atoms with E-state index in [9.17, 15) is 29.4 Å². The number of hydrogen-bond acceptors (Lipinski definition) is 4. The zero-order chi connectivity index (χ0) is 27.4. The highest BCUT2D eigenvalue weighted by Gasteiger charge is 2.73. The van der Waals surface area contributed by atoms with Crippen LogP contribution in [-0.2, 0) is 14.4 Å². The number of fused-ring (bicyclic) bond motifs is 1. The lowest BCUT2D eigenvalue weighted by Crippen LogP contribution is -2.65. The summed E-state index contributed by atoms with van der Waals surface area (Å²) in [4.78, 5) is 53.5. The van der Waals surface area contributed by atoms with Gasteiger partial charge in [0.1, 0.15) is 0 Å². The summed E-state index contributed by atoms with van der Waals surface area (Å²) in [5.41, 5.74) is 0.343. The number of carboxylic acid groups (broad SMARTS) is 2. The molecule has 7 rings (SSSR count). The van der Waals surface area contributed by atoms with E-state index in [2.05, 4.69) is 26.8 Å². The van der Waals surface area contributed by atoms with Crippen LogP contribution in [0.4, 0.5) is 5.69 Å². The minimum Gasteiger partial charge on any atom is -0.481 e. The van der Waals surface area contributed by atoms with Crippen LogP contribution in [0, 0.1) is 51.8 Å². The minimum atomic E-state index is -1.05. The van der Waals surface area contributed by atoms with Crippen LogP contribution in [0.1, 0.15) is 76.6 Å². The maximum absolute atomic E-state index is 14.3. The Morgan fingerprint density at radius 2 is 1.66 bits per heavy atom. The number of carboxylic acids is 2. The molecule has 38 heavy (non-hydrogen) atoms. The Morgan fingerprint density at radius 1 is 0.974 bits per heavy atom. The molecule has 0 aromatic heterocycles. The maximum atomic E-state index is 14.3. The fraction of sp³-hybridized carbons (Fsp3) is 0.613. The van der Waals surface area contributed by atoms with Gasteiger partial charge in [-0.05, 0) is 92.4 Å². The Hall–Kier alpha value is -2.96. The lowest BCUT2D eigenvalue weighted by Gasteiger charge is -2.68. The van der Waals surface area contributed by atoms with Crippen LogP contribution in [0.3, 0.4) is 0 Å². The van der Waals surface area contributed by atoms with Crippen LogP contribution < -0.4 is 4.90 Å². The van der Waals surface area contributed by atoms with Crippen molar-refractivity contribution in [3.05, 3.63) is 41.5 Å². The fourth-order valence-electron chi connectivity index (χ4n) is 9.97. The molecule has 7 nitrogen and oxygen atoms in total. The molecule has 2 N–H and O–H groups in total. The van der Waals surface area contributed by atoms with E-state index < -0.39 is 34.6 Å². The predicted octanol–water partition coefficient (Wildman–Crippen LogP) is 5.40. The summed E-state index contributed by atoms with van der Waals surface area (Å²) in [5, 5.41) is 19.6. The Labute approximate surface area is 223 Å². The number of aliphatic carboxylic acids is 1. The van der Waals surface area contributed by atoms with Crippen molar-refractivity contribution >= 4 is 29.4 Å². The number of nitrogens with zero attached hydrogens (tertiary/aromatic N) is 1. The van der Waals surface area contributed by atoms with E-state index in [0.29, 0.717) is 12.1 Å². The first-order chi connectivity index (χ1) is 17.9. The molecule has 1 heterocycles. The molecule has 0 unspecified atom stereocenters. The maximum Gasteiger partial charge on any atom is 0.335 e. The predicted molar refractivity (Wildman–Crippen MR) is 140 cm³/mol. The summed E-state index contributed by atoms with van der Waals surface area (Å²) in [7, 11) is 0. The summed E-state index contributed by atoms with van der Waals surface area (Å²) >= 11 is 0. The van der Waals surface area contributed by atoms with Crippen LogP contribution >= 0.6 is 0 Å². The Bertz CT molecular complexity index is 1280. The SMILES string of the molecule is CC(C)C1=C[C@@]23CC[C@@H]4[C@](C)(CCC[C@@]4(C)C(=O)O)[C@@H]2C[C@H]1[C@H]1C(=O)N(c2ccc(C(=O)O)cc2)C(=O)[C@H]13. The molecule has 6 aliphatic rings. The normalized spacial score (nSPS) is 41.4. The Kier molecular flexibility index (Phi) is 5.35. The quantitative estimate of drug-likeness (QED) is 0.407. The van der Waals surface area contributed by atoms with E-state index >= 15 is 0 Å². The molecular weight excluding hydrogens is 482 g/mol. The summed E-state index contributed by atoms with van der Waals surface area (Å²) < 4.78 is 0. The third-order valence-electron chi connectivity index (χ3n) is 11.5. The molecule has 2 amide bonds. The van der Waals surface area contributed by atoms with Crippen molar-refractivity contribution in [1.29, 1.82) is 0 Å². The van der Waals surface area contributed by atoms with Gasteiger partial charge in [-0.25, -0.2) is 4.79 Å². The number of benzene rings is 1. The van der Waals surface area contributed by atoms with Crippen molar-refractivity contribution in [3.8, 4) is 0 Å². The van der Waals surface area contributed by atoms with Gasteiger partial charge >= 0.3 is 11.9 Å². The van der Waals surface area contributed by atoms with Gasteiger partial charge in [0.15, 0.2) is 0 Å². The van der Waals surface area contributed by atoms with Gasteiger partial charge in [-0.15, -0.1) is 0 Å². The third kappa shape index (κ3) is 3.02. The summed E-state index contributed by atoms with van der Waals surface area (Å²) in [6.07, 6.45) is 7.13. The van der Waals surface area contributed by atoms with Crippen molar-refractivity contribution in [3.63, 3.8) is 0 Å². The van der Waals surface area contributed by atoms with Crippen LogP contribution in [0.5, 0.6) is 0 Å². The van der Waals surface area contributed by atoms with Gasteiger partial charge in [0.05, 0.1) is 28.5 Å². The molecule has 2 bridgehead atoms. The van der Waals surface area contributed by atoms with E-state index in [1.807, 2.05) is 6.92 Å². The molecule has 5 aliphatic carbocycles. The number of aromatic carboxylic acids is 1. The lowest BCUT2D eigenvalue weighted by atomic mass is 9.34. The van der Waals surface area contributed by atoms with Gasteiger partial charge in [-0.1, -0.05) is 38.8 Å². The van der Waals surface area contributed by atoms with E-state index in [-0.39, 0.29) is 46.5 Å². The molecule has 4 fully saturated rings. The smallest absolute Gasteiger partial charge is 0.335 e. The van der Waals surface area contributed by atoms with Crippen molar-refractivity contribution < 1.29 is 29.4 Å². The zero-order valence-electron chi connectivity index (χ0n) is 22.6. The molecule has 1 saturated heterocycles. The van der Waals surface area contributed by atoms with Gasteiger partial charge in [-0.2, -0.15) is 0 Å². The van der Waals surface area contributed by atoms with Crippen LogP contribution in [-0.4, -0.2) is 34.0 Å². The molecular formula is C31H37NO6. The first-order valence-corrected chi connectivity index (χ1v) is 14.0. The third-order valence-corrected chi connectivity index (χ3v) is 11.5. The second-order valence-corrected chi connectivity index (χ2v) is 13.3. The van der Waals surface area contributed by atoms with Crippen molar-refractivity contribution in [2.24, 2.45) is 51.8 Å². The molecule has 8 atom stereocenters. The number of imide groups is 1. The largest absolute Gasteiger partial charge is 0.481 e. The van der Waals surface area contributed by atoms with Gasteiger partial charge in [0.2, 0.25) is 11.8 Å². The number of hydrogen-bond donors (Lipinski definition) is 2. The summed E-state index contributed by atoms with van der Waals surface area (Å²) in [6, 6.07) is 5.99. The summed E-state index contributed by atoms with van der Waals surface area (Å²) in [6.45, 7) is 8.51. The topological polar surface area (TPSA) is 112 Å². The van der Waals surface area contributed by atoms with E-state index in [4.69, 9.17) is 0 Å². The highest BCUT2D eigenvalue weighted by molar-refractivity contribution is 6.23. The molecule has 1 aliphatic heterocycles. The molecule has 1 aromatic rings. The van der Waals surface area contributed by atoms with Crippen molar-refractivity contribution in [2.45, 2.75) is 66.2 Å². The monoisotopic (exact) mass is 519 g/mol. The Balaban J connectivity index is 1.46. The molecule has 202 valence electrons. The number of amides is 2. The standard InChI is InChI=1S/C31H37NO6/c1-16(2)20-15-31-13-10-21-29(3,11-5-12-30(21,4)28(37)38)22(31)14-19(20)23-24(31)26(34)32(25(23)33)18-8-6-17(7-9-18)27(35)36/h6-9,15-16,19,21-24H,5,10-14H2,1-4H3,(H,35,36)(H,37,38)/t19-,21-,22+,23-,24+,29+,30-,31+/m1/s1. The second-order valence-electron chi connectivity index (χ2n) is 13.3. The lowest BCUT2D eigenvalue weighted by molar-refractivity contribution is -0.194. The molecule has 3 saturated carbocycles. The van der Waals surface area contributed by atoms with Gasteiger partial charge in [0.25, 0.3) is 0 Å². The average molecular weight is 520 g/mol. The zero-order valence-corrected chi connectivity index (χ0v) is 22.6. The highest BCUT2D eigenvalue weighted by Crippen LogP contribution is 2.74. The first kappa shape index (κ1) is 25.3. The average Bonchev–Trinajstić information content (AvgIpc) is 3.15.